The molecule has 0 spiro atoms. The summed E-state index contributed by atoms with van der Waals surface area (Å²) >= 11 is 2.00. The van der Waals surface area contributed by atoms with E-state index in [9.17, 15) is 0 Å². The molecule has 0 unspecified atom stereocenters. The van der Waals surface area contributed by atoms with Crippen LogP contribution in [0.2, 0.25) is 0 Å². The van der Waals surface area contributed by atoms with Crippen molar-refractivity contribution >= 4 is 36.2 Å². The topological polar surface area (TPSA) is 31.6 Å². The number of nitrogens with one attached hydrogen (secondary N) is 2. The van der Waals surface area contributed by atoms with Crippen LogP contribution in [0.3, 0.4) is 0 Å². The molecule has 0 bridgehead atoms. The van der Waals surface area contributed by atoms with Gasteiger partial charge in [0.2, 0.25) is 0 Å². The number of fused-ring (bicyclic) bond motifs is 1. The molecule has 2 rings (SSSR count). The first-order valence-corrected chi connectivity index (χ1v) is 5.42. The molecule has 52 valence electrons. The van der Waals surface area contributed by atoms with Crippen LogP contribution >= 0.6 is 11.7 Å². The summed E-state index contributed by atoms with van der Waals surface area (Å²) in [5.41, 5.74) is 1.26. The van der Waals surface area contributed by atoms with Gasteiger partial charge < -0.3 is 0 Å². The summed E-state index contributed by atoms with van der Waals surface area (Å²) in [4.78, 5) is 0. The van der Waals surface area contributed by atoms with Gasteiger partial charge in [-0.1, -0.05) is 0 Å². The first kappa shape index (κ1) is 6.28. The molecule has 1 aromatic carbocycles. The summed E-state index contributed by atoms with van der Waals surface area (Å²) in [6.45, 7) is 0. The SMILES string of the molecule is c1ccc2[se][nH]s[nH]c2c1. The van der Waals surface area contributed by atoms with Crippen molar-refractivity contribution in [2.75, 3.05) is 0 Å². The second-order valence-electron chi connectivity index (χ2n) is 1.89. The summed E-state index contributed by atoms with van der Waals surface area (Å²) in [6.07, 6.45) is 0. The fourth-order valence-corrected chi connectivity index (χ4v) is 3.27. The van der Waals surface area contributed by atoms with Crippen molar-refractivity contribution in [3.8, 4) is 0 Å². The number of rotatable bonds is 0. The number of benzene rings is 1. The van der Waals surface area contributed by atoms with Crippen LogP contribution in [0.5, 0.6) is 0 Å². The summed E-state index contributed by atoms with van der Waals surface area (Å²) < 4.78 is 7.79. The molecule has 0 amide bonds. The van der Waals surface area contributed by atoms with Crippen LogP contribution in [0, 0.1) is 0 Å². The van der Waals surface area contributed by atoms with E-state index < -0.39 is 0 Å². The van der Waals surface area contributed by atoms with Gasteiger partial charge in [0.05, 0.1) is 0 Å². The maximum absolute atomic E-state index is 3.21. The van der Waals surface area contributed by atoms with Gasteiger partial charge in [-0.15, -0.1) is 0 Å². The number of aromatic nitrogens is 2. The molecule has 0 aliphatic carbocycles. The molecule has 4 heteroatoms. The van der Waals surface area contributed by atoms with Gasteiger partial charge in [-0.25, -0.2) is 0 Å². The molecule has 0 saturated heterocycles. The number of hydrogen-bond donors (Lipinski definition) is 2. The van der Waals surface area contributed by atoms with Gasteiger partial charge in [0, 0.05) is 0 Å². The van der Waals surface area contributed by atoms with Crippen LogP contribution in [-0.4, -0.2) is 22.5 Å². The van der Waals surface area contributed by atoms with Crippen molar-refractivity contribution < 1.29 is 0 Å². The van der Waals surface area contributed by atoms with E-state index in [0.717, 1.165) is 0 Å². The number of aromatic amines is 2. The Morgan fingerprint density at radius 2 is 2.20 bits per heavy atom. The third-order valence-electron chi connectivity index (χ3n) is 1.24. The molecule has 2 N–H and O–H groups in total. The van der Waals surface area contributed by atoms with Crippen LogP contribution in [0.4, 0.5) is 0 Å². The van der Waals surface area contributed by atoms with Gasteiger partial charge in [-0.3, -0.25) is 0 Å². The summed E-state index contributed by atoms with van der Waals surface area (Å²) in [5.74, 6) is 0. The van der Waals surface area contributed by atoms with Crippen LogP contribution in [0.1, 0.15) is 0 Å². The van der Waals surface area contributed by atoms with Gasteiger partial charge in [0.15, 0.2) is 0 Å². The molecular weight excluding hydrogens is 211 g/mol. The molecule has 1 heterocycles. The zero-order valence-electron chi connectivity index (χ0n) is 5.13. The van der Waals surface area contributed by atoms with Gasteiger partial charge >= 0.3 is 68.2 Å². The number of H-pyrrole nitrogens is 2. The van der Waals surface area contributed by atoms with Crippen molar-refractivity contribution in [3.05, 3.63) is 24.3 Å². The molecule has 1 aromatic heterocycles. The standard InChI is InChI=1S/C6H6N2SSe/c1-2-4-6-5(3-1)7-9-8-10-6/h1-4,7-8H. The fourth-order valence-electron chi connectivity index (χ4n) is 0.781. The van der Waals surface area contributed by atoms with E-state index in [1.807, 2.05) is 6.07 Å². The van der Waals surface area contributed by atoms with E-state index in [-0.39, 0.29) is 0 Å². The molecule has 0 aliphatic rings. The fraction of sp³-hybridized carbons (Fsp3) is 0. The molecular formula is C6H6N2SSe. The summed E-state index contributed by atoms with van der Waals surface area (Å²) in [5, 5.41) is 0. The van der Waals surface area contributed by atoms with Crippen LogP contribution in [0.15, 0.2) is 24.3 Å². The van der Waals surface area contributed by atoms with Gasteiger partial charge in [0.1, 0.15) is 0 Å². The summed E-state index contributed by atoms with van der Waals surface area (Å²) in [6, 6.07) is 8.37. The second kappa shape index (κ2) is 2.66. The van der Waals surface area contributed by atoms with Crippen molar-refractivity contribution in [1.82, 2.24) is 7.74 Å². The Morgan fingerprint density at radius 3 is 3.10 bits per heavy atom. The van der Waals surface area contributed by atoms with E-state index in [2.05, 4.69) is 25.9 Å². The normalized spacial score (nSPS) is 10.0. The van der Waals surface area contributed by atoms with E-state index in [1.54, 1.807) is 11.7 Å². The summed E-state index contributed by atoms with van der Waals surface area (Å²) in [7, 11) is 0. The Labute approximate surface area is 68.5 Å². The molecule has 0 fully saturated rings. The predicted molar refractivity (Wildman–Crippen MR) is 45.1 cm³/mol. The van der Waals surface area contributed by atoms with Gasteiger partial charge in [-0.05, 0) is 0 Å². The molecule has 2 nitrogen and oxygen atoms in total. The Kier molecular flexibility index (Phi) is 1.67. The third kappa shape index (κ3) is 1.05. The van der Waals surface area contributed by atoms with Crippen LogP contribution < -0.4 is 0 Å². The number of para-hydroxylation sites is 1. The molecule has 0 aliphatic heterocycles. The molecule has 10 heavy (non-hydrogen) atoms. The van der Waals surface area contributed by atoms with E-state index >= 15 is 0 Å². The second-order valence-corrected chi connectivity index (χ2v) is 4.86. The monoisotopic (exact) mass is 218 g/mol. The molecule has 0 atom stereocenters. The zero-order chi connectivity index (χ0) is 6.81. The van der Waals surface area contributed by atoms with E-state index in [4.69, 9.17) is 0 Å². The first-order chi connectivity index (χ1) is 4.97. The first-order valence-electron chi connectivity index (χ1n) is 2.89. The van der Waals surface area contributed by atoms with Gasteiger partial charge in [0.25, 0.3) is 0 Å². The van der Waals surface area contributed by atoms with Crippen molar-refractivity contribution in [1.29, 1.82) is 0 Å². The Bertz CT molecular complexity index is 287. The van der Waals surface area contributed by atoms with Crippen molar-refractivity contribution in [2.24, 2.45) is 0 Å². The minimum atomic E-state index is 0.437. The quantitative estimate of drug-likeness (QED) is 0.630. The van der Waals surface area contributed by atoms with E-state index in [1.165, 1.54) is 9.78 Å². The average molecular weight is 217 g/mol. The van der Waals surface area contributed by atoms with E-state index in [0.29, 0.717) is 14.7 Å². The maximum atomic E-state index is 3.21. The molecule has 0 radical (unpaired) electrons. The van der Waals surface area contributed by atoms with Crippen LogP contribution in [0.25, 0.3) is 9.78 Å². The Balaban J connectivity index is 2.89. The number of hydrogen-bond acceptors (Lipinski definition) is 1. The van der Waals surface area contributed by atoms with Crippen molar-refractivity contribution in [2.45, 2.75) is 0 Å². The molecule has 2 aromatic rings. The van der Waals surface area contributed by atoms with Crippen LogP contribution in [-0.2, 0) is 0 Å². The molecule has 0 saturated carbocycles. The third-order valence-corrected chi connectivity index (χ3v) is 3.99. The zero-order valence-corrected chi connectivity index (χ0v) is 7.66. The average Bonchev–Trinajstić information content (AvgIpc) is 2.05. The minimum absolute atomic E-state index is 0.437. The van der Waals surface area contributed by atoms with Crippen molar-refractivity contribution in [3.63, 3.8) is 0 Å². The Hall–Kier alpha value is -0.441. The predicted octanol–water partition coefficient (Wildman–Crippen LogP) is 1.74. The van der Waals surface area contributed by atoms with Gasteiger partial charge in [-0.2, -0.15) is 0 Å². The Morgan fingerprint density at radius 1 is 1.30 bits per heavy atom.